The maximum Gasteiger partial charge on any atom is 0.364 e. The van der Waals surface area contributed by atoms with Gasteiger partial charge in [-0.1, -0.05) is 30.3 Å². The van der Waals surface area contributed by atoms with E-state index in [2.05, 4.69) is 4.62 Å². The maximum absolute atomic E-state index is 12.0. The largest absolute Gasteiger partial charge is 0.364 e. The van der Waals surface area contributed by atoms with Crippen molar-refractivity contribution in [2.24, 2.45) is 0 Å². The third-order valence-electron chi connectivity index (χ3n) is 2.01. The van der Waals surface area contributed by atoms with E-state index < -0.39 is 20.6 Å². The van der Waals surface area contributed by atoms with Crippen molar-refractivity contribution in [2.75, 3.05) is 14.1 Å². The number of hydrogen-bond donors (Lipinski definition) is 3. The number of benzene rings is 1. The minimum atomic E-state index is -4.84. The van der Waals surface area contributed by atoms with Crippen molar-refractivity contribution in [3.05, 3.63) is 35.9 Å². The topological polar surface area (TPSA) is 107 Å². The lowest BCUT2D eigenvalue weighted by Gasteiger charge is -2.25. The van der Waals surface area contributed by atoms with Crippen LogP contribution in [-0.2, 0) is 13.8 Å². The van der Waals surface area contributed by atoms with Crippen molar-refractivity contribution in [1.82, 2.24) is 5.06 Å². The summed E-state index contributed by atoms with van der Waals surface area (Å²) in [7, 11) is -6.68. The van der Waals surface area contributed by atoms with E-state index >= 15 is 0 Å². The van der Waals surface area contributed by atoms with Gasteiger partial charge in [0, 0.05) is 14.1 Å². The lowest BCUT2D eigenvalue weighted by molar-refractivity contribution is -0.0157. The number of nitrogens with zero attached hydrogens (tertiary/aromatic N) is 1. The van der Waals surface area contributed by atoms with E-state index in [1.165, 1.54) is 38.4 Å². The minimum absolute atomic E-state index is 0.0542. The standard InChI is InChI=1S/C9H15NO6P2/c1-10(2)16-18(14,15)9(17(11,12)13)8-6-4-3-5-7-8/h3-7,9H,1-2H3,(H,14,15)(H2,11,12,13). The van der Waals surface area contributed by atoms with Crippen LogP contribution in [0.5, 0.6) is 0 Å². The van der Waals surface area contributed by atoms with E-state index in [9.17, 15) is 23.8 Å². The molecule has 1 aromatic rings. The van der Waals surface area contributed by atoms with Crippen molar-refractivity contribution < 1.29 is 28.4 Å². The second kappa shape index (κ2) is 5.63. The first kappa shape index (κ1) is 15.5. The molecule has 9 heteroatoms. The van der Waals surface area contributed by atoms with Gasteiger partial charge in [-0.3, -0.25) is 9.13 Å². The summed E-state index contributed by atoms with van der Waals surface area (Å²) in [6.07, 6.45) is 0. The summed E-state index contributed by atoms with van der Waals surface area (Å²) in [6.45, 7) is 0. The zero-order chi connectivity index (χ0) is 14.0. The zero-order valence-corrected chi connectivity index (χ0v) is 11.7. The summed E-state index contributed by atoms with van der Waals surface area (Å²) in [5, 5.41) is -0.958. The first-order chi connectivity index (χ1) is 8.14. The Hall–Kier alpha value is -0.520. The Morgan fingerprint density at radius 2 is 1.61 bits per heavy atom. The molecule has 18 heavy (non-hydrogen) atoms. The molecule has 2 atom stereocenters. The Kier molecular flexibility index (Phi) is 4.86. The zero-order valence-electron chi connectivity index (χ0n) is 9.87. The molecule has 0 saturated heterocycles. The summed E-state index contributed by atoms with van der Waals surface area (Å²) >= 11 is 0. The highest BCUT2D eigenvalue weighted by atomic mass is 31.2. The SMILES string of the molecule is CN(C)OP(=O)(O)C(c1ccccc1)P(=O)(O)O. The van der Waals surface area contributed by atoms with E-state index in [-0.39, 0.29) is 5.56 Å². The first-order valence-electron chi connectivity index (χ1n) is 4.94. The number of rotatable bonds is 5. The predicted octanol–water partition coefficient (Wildman–Crippen LogP) is 1.54. The van der Waals surface area contributed by atoms with E-state index in [1.54, 1.807) is 6.07 Å². The fraction of sp³-hybridized carbons (Fsp3) is 0.333. The molecule has 0 bridgehead atoms. The molecule has 0 aliphatic rings. The van der Waals surface area contributed by atoms with Gasteiger partial charge in [-0.2, -0.15) is 5.06 Å². The highest BCUT2D eigenvalue weighted by molar-refractivity contribution is 7.70. The van der Waals surface area contributed by atoms with Crippen LogP contribution < -0.4 is 0 Å². The van der Waals surface area contributed by atoms with E-state index in [4.69, 9.17) is 0 Å². The summed E-state index contributed by atoms with van der Waals surface area (Å²) in [5.74, 6) is 0. The number of hydroxylamine groups is 2. The lowest BCUT2D eigenvalue weighted by atomic mass is 10.2. The first-order valence-corrected chi connectivity index (χ1v) is 8.27. The number of hydrogen-bond acceptors (Lipinski definition) is 4. The second-order valence-electron chi connectivity index (χ2n) is 3.83. The third-order valence-corrected chi connectivity index (χ3v) is 6.20. The van der Waals surface area contributed by atoms with Gasteiger partial charge in [-0.05, 0) is 5.56 Å². The van der Waals surface area contributed by atoms with Gasteiger partial charge in [0.25, 0.3) is 0 Å². The van der Waals surface area contributed by atoms with E-state index in [0.717, 1.165) is 5.06 Å². The third kappa shape index (κ3) is 4.00. The molecule has 0 aliphatic carbocycles. The van der Waals surface area contributed by atoms with Gasteiger partial charge in [0.15, 0.2) is 5.40 Å². The monoisotopic (exact) mass is 295 g/mol. The summed E-state index contributed by atoms with van der Waals surface area (Å²) < 4.78 is 28.0. The molecule has 0 fully saturated rings. The molecule has 0 radical (unpaired) electrons. The van der Waals surface area contributed by atoms with Crippen LogP contribution in [0.25, 0.3) is 0 Å². The molecule has 0 heterocycles. The van der Waals surface area contributed by atoms with Crippen LogP contribution in [0.1, 0.15) is 11.0 Å². The van der Waals surface area contributed by atoms with Crippen molar-refractivity contribution in [2.45, 2.75) is 5.40 Å². The fourth-order valence-electron chi connectivity index (χ4n) is 1.48. The molecule has 0 amide bonds. The Balaban J connectivity index is 3.24. The van der Waals surface area contributed by atoms with Gasteiger partial charge >= 0.3 is 15.2 Å². The molecule has 1 rings (SSSR count). The van der Waals surface area contributed by atoms with Gasteiger partial charge in [0.05, 0.1) is 0 Å². The molecule has 7 nitrogen and oxygen atoms in total. The van der Waals surface area contributed by atoms with Crippen LogP contribution in [0.2, 0.25) is 0 Å². The predicted molar refractivity (Wildman–Crippen MR) is 65.8 cm³/mol. The van der Waals surface area contributed by atoms with Crippen molar-refractivity contribution >= 4 is 15.2 Å². The summed E-state index contributed by atoms with van der Waals surface area (Å²) in [4.78, 5) is 28.3. The molecular weight excluding hydrogens is 280 g/mol. The van der Waals surface area contributed by atoms with Gasteiger partial charge in [-0.25, -0.2) is 4.62 Å². The molecular formula is C9H15NO6P2. The average molecular weight is 295 g/mol. The van der Waals surface area contributed by atoms with Crippen LogP contribution in [0, 0.1) is 0 Å². The second-order valence-corrected chi connectivity index (χ2v) is 7.74. The lowest BCUT2D eigenvalue weighted by Crippen LogP contribution is -2.14. The van der Waals surface area contributed by atoms with Gasteiger partial charge < -0.3 is 14.7 Å². The van der Waals surface area contributed by atoms with E-state index in [0.29, 0.717) is 0 Å². The Morgan fingerprint density at radius 3 is 2.00 bits per heavy atom. The molecule has 3 N–H and O–H groups in total. The van der Waals surface area contributed by atoms with Crippen molar-refractivity contribution in [1.29, 1.82) is 0 Å². The highest BCUT2D eigenvalue weighted by Gasteiger charge is 2.47. The average Bonchev–Trinajstić information content (AvgIpc) is 2.13. The smallest absolute Gasteiger partial charge is 0.324 e. The van der Waals surface area contributed by atoms with Gasteiger partial charge in [0.2, 0.25) is 0 Å². The van der Waals surface area contributed by atoms with E-state index in [1.807, 2.05) is 0 Å². The van der Waals surface area contributed by atoms with Crippen LogP contribution >= 0.6 is 15.2 Å². The van der Waals surface area contributed by atoms with Crippen molar-refractivity contribution in [3.8, 4) is 0 Å². The summed E-state index contributed by atoms with van der Waals surface area (Å²) in [6, 6.07) is 7.41. The minimum Gasteiger partial charge on any atom is -0.324 e. The Morgan fingerprint density at radius 1 is 1.11 bits per heavy atom. The van der Waals surface area contributed by atoms with Gasteiger partial charge in [0.1, 0.15) is 0 Å². The maximum atomic E-state index is 12.0. The Labute approximate surface area is 105 Å². The molecule has 0 spiro atoms. The molecule has 0 saturated carbocycles. The molecule has 102 valence electrons. The van der Waals surface area contributed by atoms with Crippen LogP contribution in [0.4, 0.5) is 0 Å². The molecule has 0 aromatic heterocycles. The van der Waals surface area contributed by atoms with Crippen molar-refractivity contribution in [3.63, 3.8) is 0 Å². The molecule has 0 aliphatic heterocycles. The molecule has 1 aromatic carbocycles. The fourth-order valence-corrected chi connectivity index (χ4v) is 4.79. The Bertz CT molecular complexity index is 485. The van der Waals surface area contributed by atoms with Crippen LogP contribution in [0.3, 0.4) is 0 Å². The highest BCUT2D eigenvalue weighted by Crippen LogP contribution is 2.72. The van der Waals surface area contributed by atoms with Gasteiger partial charge in [-0.15, -0.1) is 0 Å². The van der Waals surface area contributed by atoms with Crippen LogP contribution in [0.15, 0.2) is 30.3 Å². The quantitative estimate of drug-likeness (QED) is 0.558. The normalized spacial score (nSPS) is 17.4. The summed E-state index contributed by atoms with van der Waals surface area (Å²) in [5.41, 5.74) is 0.0542. The van der Waals surface area contributed by atoms with Crippen LogP contribution in [-0.4, -0.2) is 33.8 Å². The molecule has 2 unspecified atom stereocenters.